The van der Waals surface area contributed by atoms with Gasteiger partial charge in [0.15, 0.2) is 5.11 Å². The fourth-order valence-electron chi connectivity index (χ4n) is 4.02. The van der Waals surface area contributed by atoms with Crippen molar-refractivity contribution in [2.45, 2.75) is 25.9 Å². The van der Waals surface area contributed by atoms with Crippen molar-refractivity contribution in [3.8, 4) is 5.82 Å². The zero-order valence-electron chi connectivity index (χ0n) is 15.9. The van der Waals surface area contributed by atoms with Crippen molar-refractivity contribution in [2.24, 2.45) is 0 Å². The molecule has 0 aliphatic carbocycles. The summed E-state index contributed by atoms with van der Waals surface area (Å²) in [5.41, 5.74) is 4.29. The Morgan fingerprint density at radius 1 is 1.11 bits per heavy atom. The van der Waals surface area contributed by atoms with Gasteiger partial charge in [0, 0.05) is 30.3 Å². The van der Waals surface area contributed by atoms with E-state index in [4.69, 9.17) is 12.2 Å². The summed E-state index contributed by atoms with van der Waals surface area (Å²) in [7, 11) is 0. The number of aliphatic hydroxyl groups is 1. The molecule has 3 aromatic rings. The van der Waals surface area contributed by atoms with E-state index in [-0.39, 0.29) is 18.7 Å². The van der Waals surface area contributed by atoms with Crippen LogP contribution < -0.4 is 5.32 Å². The average molecular weight is 394 g/mol. The highest BCUT2D eigenvalue weighted by Gasteiger charge is 2.41. The van der Waals surface area contributed by atoms with Crippen molar-refractivity contribution in [3.63, 3.8) is 0 Å². The predicted octanol–water partition coefficient (Wildman–Crippen LogP) is 2.85. The third kappa shape index (κ3) is 3.16. The number of aliphatic hydroxyl groups excluding tert-OH is 1. The lowest BCUT2D eigenvalue weighted by molar-refractivity contribution is 0.223. The molecule has 1 fully saturated rings. The van der Waals surface area contributed by atoms with Gasteiger partial charge in [0.2, 0.25) is 0 Å². The van der Waals surface area contributed by atoms with Gasteiger partial charge in [-0.05, 0) is 62.0 Å². The second kappa shape index (κ2) is 7.69. The Morgan fingerprint density at radius 3 is 2.50 bits per heavy atom. The molecule has 0 bridgehead atoms. The van der Waals surface area contributed by atoms with Crippen LogP contribution >= 0.6 is 12.2 Å². The van der Waals surface area contributed by atoms with Crippen molar-refractivity contribution in [3.05, 3.63) is 77.5 Å². The lowest BCUT2D eigenvalue weighted by atomic mass is 9.97. The van der Waals surface area contributed by atoms with Gasteiger partial charge in [-0.2, -0.15) is 0 Å². The van der Waals surface area contributed by atoms with Crippen molar-refractivity contribution in [1.29, 1.82) is 0 Å². The van der Waals surface area contributed by atoms with Crippen molar-refractivity contribution >= 4 is 17.3 Å². The van der Waals surface area contributed by atoms with Gasteiger partial charge >= 0.3 is 0 Å². The Bertz CT molecular complexity index is 973. The van der Waals surface area contributed by atoms with E-state index < -0.39 is 0 Å². The number of rotatable bonds is 5. The Hall–Kier alpha value is -2.77. The fourth-order valence-corrected chi connectivity index (χ4v) is 4.35. The zero-order chi connectivity index (χ0) is 19.7. The Morgan fingerprint density at radius 2 is 1.86 bits per heavy atom. The summed E-state index contributed by atoms with van der Waals surface area (Å²) in [4.78, 5) is 11.1. The maximum Gasteiger partial charge on any atom is 0.170 e. The highest BCUT2D eigenvalue weighted by atomic mass is 32.1. The average Bonchev–Trinajstić information content (AvgIpc) is 3.19. The number of nitrogens with one attached hydrogen (secondary N) is 1. The lowest BCUT2D eigenvalue weighted by Crippen LogP contribution is -2.32. The highest BCUT2D eigenvalue weighted by molar-refractivity contribution is 7.80. The molecule has 1 aliphatic rings. The second-order valence-electron chi connectivity index (χ2n) is 6.89. The van der Waals surface area contributed by atoms with Crippen LogP contribution in [0.2, 0.25) is 0 Å². The number of hydrogen-bond donors (Lipinski definition) is 2. The van der Waals surface area contributed by atoms with Crippen LogP contribution in [0.15, 0.2) is 54.9 Å². The first kappa shape index (κ1) is 18.6. The molecule has 1 saturated heterocycles. The van der Waals surface area contributed by atoms with E-state index >= 15 is 0 Å². The van der Waals surface area contributed by atoms with Crippen molar-refractivity contribution in [2.75, 3.05) is 13.2 Å². The van der Waals surface area contributed by atoms with E-state index in [1.165, 1.54) is 0 Å². The molecule has 0 radical (unpaired) electrons. The predicted molar refractivity (Wildman–Crippen MR) is 112 cm³/mol. The summed E-state index contributed by atoms with van der Waals surface area (Å²) >= 11 is 5.59. The van der Waals surface area contributed by atoms with Gasteiger partial charge < -0.3 is 19.9 Å². The zero-order valence-corrected chi connectivity index (χ0v) is 16.7. The topological polar surface area (TPSA) is 66.2 Å². The van der Waals surface area contributed by atoms with Crippen LogP contribution in [0, 0.1) is 13.8 Å². The number of aryl methyl sites for hydroxylation is 1. The van der Waals surface area contributed by atoms with E-state index in [1.54, 1.807) is 12.4 Å². The number of pyridine rings is 2. The van der Waals surface area contributed by atoms with Crippen molar-refractivity contribution < 1.29 is 5.11 Å². The molecule has 0 spiro atoms. The van der Waals surface area contributed by atoms with Crippen LogP contribution in [-0.2, 0) is 0 Å². The third-order valence-electron chi connectivity index (χ3n) is 5.21. The number of β-amino-alcohol motifs (C(OH)–C–C–N with tert-alkyl or cyclic N) is 1. The molecule has 28 heavy (non-hydrogen) atoms. The Labute approximate surface area is 169 Å². The van der Waals surface area contributed by atoms with Gasteiger partial charge in [-0.15, -0.1) is 0 Å². The summed E-state index contributed by atoms with van der Waals surface area (Å²) in [6.45, 7) is 4.68. The van der Waals surface area contributed by atoms with Crippen LogP contribution in [-0.4, -0.2) is 42.8 Å². The minimum absolute atomic E-state index is 0.0340. The van der Waals surface area contributed by atoms with E-state index in [2.05, 4.69) is 44.7 Å². The maximum absolute atomic E-state index is 9.61. The monoisotopic (exact) mass is 393 g/mol. The molecule has 0 saturated carbocycles. The first-order valence-electron chi connectivity index (χ1n) is 9.31. The Kier molecular flexibility index (Phi) is 5.11. The smallest absolute Gasteiger partial charge is 0.170 e. The summed E-state index contributed by atoms with van der Waals surface area (Å²) in [6, 6.07) is 13.8. The van der Waals surface area contributed by atoms with Gasteiger partial charge in [-0.1, -0.05) is 12.1 Å². The summed E-state index contributed by atoms with van der Waals surface area (Å²) in [6.07, 6.45) is 3.60. The molecule has 1 aliphatic heterocycles. The molecule has 0 amide bonds. The largest absolute Gasteiger partial charge is 0.395 e. The minimum Gasteiger partial charge on any atom is -0.395 e. The first-order chi connectivity index (χ1) is 13.6. The van der Waals surface area contributed by atoms with Crippen LogP contribution in [0.25, 0.3) is 5.82 Å². The van der Waals surface area contributed by atoms with Crippen molar-refractivity contribution in [1.82, 2.24) is 24.8 Å². The number of thiocarbonyl (C=S) groups is 1. The van der Waals surface area contributed by atoms with E-state index in [0.29, 0.717) is 11.7 Å². The van der Waals surface area contributed by atoms with Crippen LogP contribution in [0.1, 0.15) is 34.7 Å². The normalized spacial score (nSPS) is 19.1. The number of hydrogen-bond acceptors (Lipinski definition) is 4. The maximum atomic E-state index is 9.61. The molecule has 0 unspecified atom stereocenters. The van der Waals surface area contributed by atoms with Crippen LogP contribution in [0.5, 0.6) is 0 Å². The van der Waals surface area contributed by atoms with Crippen LogP contribution in [0.3, 0.4) is 0 Å². The van der Waals surface area contributed by atoms with Gasteiger partial charge in [-0.3, -0.25) is 4.98 Å². The molecule has 3 aromatic heterocycles. The summed E-state index contributed by atoms with van der Waals surface area (Å²) in [5.74, 6) is 0.889. The molecule has 0 aromatic carbocycles. The molecular formula is C21H23N5OS. The fraction of sp³-hybridized carbons (Fsp3) is 0.286. The number of nitrogens with zero attached hydrogens (tertiary/aromatic N) is 4. The van der Waals surface area contributed by atoms with Gasteiger partial charge in [-0.25, -0.2) is 4.98 Å². The molecule has 2 atom stereocenters. The van der Waals surface area contributed by atoms with E-state index in [0.717, 1.165) is 28.5 Å². The van der Waals surface area contributed by atoms with E-state index in [1.807, 2.05) is 36.4 Å². The molecular weight excluding hydrogens is 370 g/mol. The minimum atomic E-state index is -0.0852. The van der Waals surface area contributed by atoms with Crippen LogP contribution in [0.4, 0.5) is 0 Å². The van der Waals surface area contributed by atoms with Gasteiger partial charge in [0.05, 0.1) is 24.4 Å². The van der Waals surface area contributed by atoms with Gasteiger partial charge in [0.25, 0.3) is 0 Å². The SMILES string of the molecule is Cc1cc([C@H]2[C@H](c3ccccn3)NC(=S)N2CCO)c(C)n1-c1ccccn1. The summed E-state index contributed by atoms with van der Waals surface area (Å²) < 4.78 is 2.16. The second-order valence-corrected chi connectivity index (χ2v) is 7.28. The number of aromatic nitrogens is 3. The first-order valence-corrected chi connectivity index (χ1v) is 9.72. The Balaban J connectivity index is 1.83. The molecule has 2 N–H and O–H groups in total. The van der Waals surface area contributed by atoms with E-state index in [9.17, 15) is 5.11 Å². The third-order valence-corrected chi connectivity index (χ3v) is 5.56. The molecule has 4 rings (SSSR count). The summed E-state index contributed by atoms with van der Waals surface area (Å²) in [5, 5.41) is 13.7. The lowest BCUT2D eigenvalue weighted by Gasteiger charge is -2.27. The quantitative estimate of drug-likeness (QED) is 0.650. The molecule has 144 valence electrons. The molecule has 4 heterocycles. The molecule has 6 nitrogen and oxygen atoms in total. The standard InChI is InChI=1S/C21H23N5OS/c1-14-13-16(15(2)26(14)18-8-4-6-10-23-18)20-19(17-7-3-5-9-22-17)24-21(28)25(20)11-12-27/h3-10,13,19-20,27H,11-12H2,1-2H3,(H,24,28)/t19-,20-/m0/s1. The highest BCUT2D eigenvalue weighted by Crippen LogP contribution is 2.40. The molecule has 7 heteroatoms. The van der Waals surface area contributed by atoms with Gasteiger partial charge in [0.1, 0.15) is 5.82 Å².